The normalized spacial score (nSPS) is 18.5. The Labute approximate surface area is 148 Å². The van der Waals surface area contributed by atoms with Gasteiger partial charge in [-0.25, -0.2) is 0 Å². The lowest BCUT2D eigenvalue weighted by molar-refractivity contribution is 0.0944. The van der Waals surface area contributed by atoms with Crippen LogP contribution in [-0.4, -0.2) is 24.2 Å². The predicted molar refractivity (Wildman–Crippen MR) is 97.8 cm³/mol. The number of aliphatic hydroxyl groups excluding tert-OH is 1. The molecule has 1 unspecified atom stereocenters. The molecule has 1 aliphatic carbocycles. The third-order valence-electron chi connectivity index (χ3n) is 4.86. The van der Waals surface area contributed by atoms with Crippen LogP contribution < -0.4 is 10.6 Å². The van der Waals surface area contributed by atoms with E-state index in [1.54, 1.807) is 12.3 Å². The number of anilines is 1. The maximum absolute atomic E-state index is 12.3. The maximum Gasteiger partial charge on any atom is 0.251 e. The third kappa shape index (κ3) is 3.71. The number of furan rings is 1. The zero-order valence-electron chi connectivity index (χ0n) is 15.1. The van der Waals surface area contributed by atoms with Crippen molar-refractivity contribution in [3.05, 3.63) is 53.0 Å². The monoisotopic (exact) mass is 342 g/mol. The Bertz CT molecular complexity index is 764. The minimum Gasteiger partial charge on any atom is -0.469 e. The Morgan fingerprint density at radius 1 is 1.36 bits per heavy atom. The Morgan fingerprint density at radius 2 is 2.16 bits per heavy atom. The molecule has 5 heteroatoms. The standard InChI is InChI=1S/C20H26N2O3/c1-13-14(19(24)21-8-9-23)5-4-6-16(13)22-17-11-20(2,3)12-18-15(17)7-10-25-18/h4-7,10,17,22-23H,8-9,11-12H2,1-3H3,(H,21,24). The largest absolute Gasteiger partial charge is 0.469 e. The SMILES string of the molecule is Cc1c(NC2CC(C)(C)Cc3occc32)cccc1C(=O)NCCO. The average Bonchev–Trinajstić information content (AvgIpc) is 3.01. The summed E-state index contributed by atoms with van der Waals surface area (Å²) in [5, 5.41) is 15.2. The van der Waals surface area contributed by atoms with E-state index in [4.69, 9.17) is 9.52 Å². The Balaban J connectivity index is 1.85. The molecule has 0 radical (unpaired) electrons. The van der Waals surface area contributed by atoms with E-state index in [0.29, 0.717) is 5.56 Å². The van der Waals surface area contributed by atoms with E-state index in [1.165, 1.54) is 5.56 Å². The van der Waals surface area contributed by atoms with Gasteiger partial charge in [0.1, 0.15) is 5.76 Å². The Hall–Kier alpha value is -2.27. The number of nitrogens with one attached hydrogen (secondary N) is 2. The van der Waals surface area contributed by atoms with Crippen LogP contribution in [0.2, 0.25) is 0 Å². The molecule has 1 aromatic heterocycles. The van der Waals surface area contributed by atoms with Crippen LogP contribution in [0.25, 0.3) is 0 Å². The van der Waals surface area contributed by atoms with E-state index in [9.17, 15) is 4.79 Å². The van der Waals surface area contributed by atoms with Crippen LogP contribution in [0, 0.1) is 12.3 Å². The van der Waals surface area contributed by atoms with Gasteiger partial charge in [-0.2, -0.15) is 0 Å². The fourth-order valence-corrected chi connectivity index (χ4v) is 3.59. The molecule has 1 amide bonds. The van der Waals surface area contributed by atoms with Crippen molar-refractivity contribution in [2.45, 2.75) is 39.7 Å². The number of rotatable bonds is 5. The van der Waals surface area contributed by atoms with Gasteiger partial charge in [0.05, 0.1) is 18.9 Å². The van der Waals surface area contributed by atoms with Crippen molar-refractivity contribution in [3.8, 4) is 0 Å². The summed E-state index contributed by atoms with van der Waals surface area (Å²) in [4.78, 5) is 12.3. The van der Waals surface area contributed by atoms with Gasteiger partial charge in [0.15, 0.2) is 0 Å². The van der Waals surface area contributed by atoms with Crippen molar-refractivity contribution >= 4 is 11.6 Å². The molecule has 3 N–H and O–H groups in total. The van der Waals surface area contributed by atoms with E-state index in [2.05, 4.69) is 24.5 Å². The first-order chi connectivity index (χ1) is 11.9. The second-order valence-corrected chi connectivity index (χ2v) is 7.50. The van der Waals surface area contributed by atoms with Crippen LogP contribution >= 0.6 is 0 Å². The average molecular weight is 342 g/mol. The first-order valence-corrected chi connectivity index (χ1v) is 8.73. The number of carbonyl (C=O) groups is 1. The molecule has 25 heavy (non-hydrogen) atoms. The molecule has 3 rings (SSSR count). The van der Waals surface area contributed by atoms with Crippen LogP contribution in [0.15, 0.2) is 34.9 Å². The molecule has 1 aliphatic rings. The first kappa shape index (κ1) is 17.5. The van der Waals surface area contributed by atoms with Gasteiger partial charge < -0.3 is 20.2 Å². The van der Waals surface area contributed by atoms with Gasteiger partial charge in [-0.05, 0) is 42.5 Å². The van der Waals surface area contributed by atoms with Crippen LogP contribution in [0.5, 0.6) is 0 Å². The van der Waals surface area contributed by atoms with Crippen molar-refractivity contribution in [3.63, 3.8) is 0 Å². The topological polar surface area (TPSA) is 74.5 Å². The summed E-state index contributed by atoms with van der Waals surface area (Å²) in [6.45, 7) is 6.63. The van der Waals surface area contributed by atoms with Crippen LogP contribution in [0.1, 0.15) is 53.6 Å². The highest BCUT2D eigenvalue weighted by Crippen LogP contribution is 2.43. The maximum atomic E-state index is 12.3. The predicted octanol–water partition coefficient (Wildman–Crippen LogP) is 3.44. The van der Waals surface area contributed by atoms with Gasteiger partial charge >= 0.3 is 0 Å². The molecule has 0 spiro atoms. The number of aliphatic hydroxyl groups is 1. The van der Waals surface area contributed by atoms with Gasteiger partial charge in [0, 0.05) is 29.8 Å². The van der Waals surface area contributed by atoms with E-state index in [1.807, 2.05) is 25.1 Å². The van der Waals surface area contributed by atoms with Gasteiger partial charge in [0.25, 0.3) is 5.91 Å². The number of fused-ring (bicyclic) bond motifs is 1. The summed E-state index contributed by atoms with van der Waals surface area (Å²) in [5.74, 6) is 0.881. The molecule has 0 fully saturated rings. The summed E-state index contributed by atoms with van der Waals surface area (Å²) in [5.41, 5.74) is 3.85. The number of hydrogen-bond acceptors (Lipinski definition) is 4. The molecule has 2 aromatic rings. The molecule has 0 bridgehead atoms. The Morgan fingerprint density at radius 3 is 2.92 bits per heavy atom. The zero-order chi connectivity index (χ0) is 18.0. The smallest absolute Gasteiger partial charge is 0.251 e. The molecule has 0 aliphatic heterocycles. The van der Waals surface area contributed by atoms with Crippen molar-refractivity contribution in [2.24, 2.45) is 5.41 Å². The summed E-state index contributed by atoms with van der Waals surface area (Å²) in [7, 11) is 0. The van der Waals surface area contributed by atoms with Crippen LogP contribution in [0.4, 0.5) is 5.69 Å². The first-order valence-electron chi connectivity index (χ1n) is 8.73. The van der Waals surface area contributed by atoms with E-state index < -0.39 is 0 Å². The number of benzene rings is 1. The fourth-order valence-electron chi connectivity index (χ4n) is 3.59. The molecule has 5 nitrogen and oxygen atoms in total. The molecule has 1 aromatic carbocycles. The second kappa shape index (κ2) is 6.92. The van der Waals surface area contributed by atoms with Gasteiger partial charge in [0.2, 0.25) is 0 Å². The minimum absolute atomic E-state index is 0.0663. The molecule has 134 valence electrons. The number of carbonyl (C=O) groups excluding carboxylic acids is 1. The lowest BCUT2D eigenvalue weighted by Crippen LogP contribution is -2.29. The summed E-state index contributed by atoms with van der Waals surface area (Å²) in [6, 6.07) is 7.89. The lowest BCUT2D eigenvalue weighted by atomic mass is 9.74. The highest BCUT2D eigenvalue weighted by Gasteiger charge is 2.34. The molecule has 0 saturated carbocycles. The third-order valence-corrected chi connectivity index (χ3v) is 4.86. The fraction of sp³-hybridized carbons (Fsp3) is 0.450. The number of amides is 1. The van der Waals surface area contributed by atoms with Gasteiger partial charge in [-0.3, -0.25) is 4.79 Å². The highest BCUT2D eigenvalue weighted by molar-refractivity contribution is 5.97. The molecule has 1 heterocycles. The van der Waals surface area contributed by atoms with Gasteiger partial charge in [-0.15, -0.1) is 0 Å². The highest BCUT2D eigenvalue weighted by atomic mass is 16.3. The van der Waals surface area contributed by atoms with Crippen molar-refractivity contribution in [1.29, 1.82) is 0 Å². The van der Waals surface area contributed by atoms with E-state index >= 15 is 0 Å². The van der Waals surface area contributed by atoms with E-state index in [0.717, 1.165) is 29.9 Å². The van der Waals surface area contributed by atoms with Crippen LogP contribution in [0.3, 0.4) is 0 Å². The summed E-state index contributed by atoms with van der Waals surface area (Å²) < 4.78 is 5.67. The minimum atomic E-state index is -0.164. The van der Waals surface area contributed by atoms with Crippen molar-refractivity contribution < 1.29 is 14.3 Å². The van der Waals surface area contributed by atoms with E-state index in [-0.39, 0.29) is 30.5 Å². The number of hydrogen-bond donors (Lipinski definition) is 3. The van der Waals surface area contributed by atoms with Gasteiger partial charge in [-0.1, -0.05) is 19.9 Å². The summed E-state index contributed by atoms with van der Waals surface area (Å²) >= 11 is 0. The molecular formula is C20H26N2O3. The zero-order valence-corrected chi connectivity index (χ0v) is 15.1. The Kier molecular flexibility index (Phi) is 4.86. The molecular weight excluding hydrogens is 316 g/mol. The molecule has 1 atom stereocenters. The summed E-state index contributed by atoms with van der Waals surface area (Å²) in [6.07, 6.45) is 3.70. The van der Waals surface area contributed by atoms with Crippen molar-refractivity contribution in [2.75, 3.05) is 18.5 Å². The van der Waals surface area contributed by atoms with Crippen LogP contribution in [-0.2, 0) is 6.42 Å². The quantitative estimate of drug-likeness (QED) is 0.778. The van der Waals surface area contributed by atoms with Crippen molar-refractivity contribution in [1.82, 2.24) is 5.32 Å². The molecule has 0 saturated heterocycles. The lowest BCUT2D eigenvalue weighted by Gasteiger charge is -2.35. The second-order valence-electron chi connectivity index (χ2n) is 7.50.